The Kier molecular flexibility index (Phi) is 6.91. The molecule has 0 radical (unpaired) electrons. The summed E-state index contributed by atoms with van der Waals surface area (Å²) in [7, 11) is 1.44. The predicted octanol–water partition coefficient (Wildman–Crippen LogP) is 3.14. The van der Waals surface area contributed by atoms with Gasteiger partial charge < -0.3 is 15.4 Å². The van der Waals surface area contributed by atoms with Crippen molar-refractivity contribution in [2.45, 2.75) is 40.2 Å². The van der Waals surface area contributed by atoms with Gasteiger partial charge in [0, 0.05) is 13.7 Å². The standard InChI is InChI=1S/C19H26N4O3/c1-5-6-11-23-14(3)18(13(2)22-23)21-19(25)15-9-7-8-10-16(15)20-17(24)12-26-4/h7-10H,5-6,11-12H2,1-4H3,(H,20,24)(H,21,25). The van der Waals surface area contributed by atoms with Crippen LogP contribution in [0, 0.1) is 13.8 Å². The number of amides is 2. The number of hydrogen-bond acceptors (Lipinski definition) is 4. The summed E-state index contributed by atoms with van der Waals surface area (Å²) in [5.41, 5.74) is 3.24. The Labute approximate surface area is 153 Å². The summed E-state index contributed by atoms with van der Waals surface area (Å²) in [6.07, 6.45) is 2.11. The number of ether oxygens (including phenoxy) is 1. The maximum absolute atomic E-state index is 12.8. The molecule has 0 aliphatic carbocycles. The lowest BCUT2D eigenvalue weighted by molar-refractivity contribution is -0.119. The SMILES string of the molecule is CCCCn1nc(C)c(NC(=O)c2ccccc2NC(=O)COC)c1C. The van der Waals surface area contributed by atoms with Gasteiger partial charge in [-0.25, -0.2) is 0 Å². The number of nitrogens with zero attached hydrogens (tertiary/aromatic N) is 2. The lowest BCUT2D eigenvalue weighted by atomic mass is 10.1. The molecular formula is C19H26N4O3. The number of unbranched alkanes of at least 4 members (excludes halogenated alkanes) is 1. The van der Waals surface area contributed by atoms with E-state index in [1.807, 2.05) is 18.5 Å². The van der Waals surface area contributed by atoms with Crippen LogP contribution in [0.1, 0.15) is 41.5 Å². The minimum Gasteiger partial charge on any atom is -0.375 e. The van der Waals surface area contributed by atoms with Crippen molar-refractivity contribution in [2.24, 2.45) is 0 Å². The number of hydrogen-bond donors (Lipinski definition) is 2. The summed E-state index contributed by atoms with van der Waals surface area (Å²) in [5.74, 6) is -0.605. The fourth-order valence-electron chi connectivity index (χ4n) is 2.69. The molecule has 2 N–H and O–H groups in total. The van der Waals surface area contributed by atoms with Crippen LogP contribution in [-0.2, 0) is 16.1 Å². The molecule has 2 aromatic rings. The number of rotatable bonds is 8. The number of nitrogens with one attached hydrogen (secondary N) is 2. The Balaban J connectivity index is 2.21. The monoisotopic (exact) mass is 358 g/mol. The molecule has 0 spiro atoms. The van der Waals surface area contributed by atoms with Gasteiger partial charge in [0.05, 0.1) is 28.3 Å². The second-order valence-electron chi connectivity index (χ2n) is 6.10. The van der Waals surface area contributed by atoms with Crippen LogP contribution in [0.3, 0.4) is 0 Å². The Morgan fingerprint density at radius 2 is 1.92 bits per heavy atom. The lowest BCUT2D eigenvalue weighted by Crippen LogP contribution is -2.21. The molecule has 2 amide bonds. The molecule has 0 aliphatic rings. The second kappa shape index (κ2) is 9.15. The van der Waals surface area contributed by atoms with E-state index < -0.39 is 0 Å². The van der Waals surface area contributed by atoms with Crippen molar-refractivity contribution in [3.05, 3.63) is 41.2 Å². The van der Waals surface area contributed by atoms with E-state index >= 15 is 0 Å². The fraction of sp³-hybridized carbons (Fsp3) is 0.421. The highest BCUT2D eigenvalue weighted by atomic mass is 16.5. The van der Waals surface area contributed by atoms with Gasteiger partial charge in [0.1, 0.15) is 6.61 Å². The molecule has 1 heterocycles. The van der Waals surface area contributed by atoms with Gasteiger partial charge in [-0.05, 0) is 32.4 Å². The van der Waals surface area contributed by atoms with Crippen molar-refractivity contribution in [2.75, 3.05) is 24.4 Å². The third-order valence-electron chi connectivity index (χ3n) is 4.06. The van der Waals surface area contributed by atoms with E-state index in [1.165, 1.54) is 7.11 Å². The first kappa shape index (κ1) is 19.7. The van der Waals surface area contributed by atoms with Gasteiger partial charge in [-0.2, -0.15) is 5.10 Å². The van der Waals surface area contributed by atoms with E-state index in [1.54, 1.807) is 24.3 Å². The van der Waals surface area contributed by atoms with Crippen molar-refractivity contribution >= 4 is 23.2 Å². The number of aryl methyl sites for hydroxylation is 2. The molecular weight excluding hydrogens is 332 g/mol. The molecule has 1 aromatic carbocycles. The zero-order valence-corrected chi connectivity index (χ0v) is 15.8. The average molecular weight is 358 g/mol. The molecule has 26 heavy (non-hydrogen) atoms. The summed E-state index contributed by atoms with van der Waals surface area (Å²) in [4.78, 5) is 24.5. The normalized spacial score (nSPS) is 10.6. The first-order valence-corrected chi connectivity index (χ1v) is 8.71. The van der Waals surface area contributed by atoms with Crippen molar-refractivity contribution in [3.8, 4) is 0 Å². The maximum Gasteiger partial charge on any atom is 0.257 e. The van der Waals surface area contributed by atoms with Crippen LogP contribution in [0.25, 0.3) is 0 Å². The highest BCUT2D eigenvalue weighted by molar-refractivity contribution is 6.10. The molecule has 0 unspecified atom stereocenters. The van der Waals surface area contributed by atoms with Crippen LogP contribution < -0.4 is 10.6 Å². The van der Waals surface area contributed by atoms with Crippen LogP contribution in [0.4, 0.5) is 11.4 Å². The summed E-state index contributed by atoms with van der Waals surface area (Å²) >= 11 is 0. The number of carbonyl (C=O) groups excluding carboxylic acids is 2. The topological polar surface area (TPSA) is 85.3 Å². The van der Waals surface area contributed by atoms with Crippen LogP contribution in [-0.4, -0.2) is 35.3 Å². The van der Waals surface area contributed by atoms with E-state index in [9.17, 15) is 9.59 Å². The quantitative estimate of drug-likeness (QED) is 0.759. The highest BCUT2D eigenvalue weighted by Gasteiger charge is 2.18. The number of benzene rings is 1. The summed E-state index contributed by atoms with van der Waals surface area (Å²) in [5, 5.41) is 10.1. The smallest absolute Gasteiger partial charge is 0.257 e. The van der Waals surface area contributed by atoms with Gasteiger partial charge in [-0.3, -0.25) is 14.3 Å². The number of para-hydroxylation sites is 1. The van der Waals surface area contributed by atoms with E-state index in [0.717, 1.165) is 30.8 Å². The zero-order valence-electron chi connectivity index (χ0n) is 15.8. The van der Waals surface area contributed by atoms with E-state index in [-0.39, 0.29) is 18.4 Å². The first-order valence-electron chi connectivity index (χ1n) is 8.71. The minimum absolute atomic E-state index is 0.0711. The van der Waals surface area contributed by atoms with Gasteiger partial charge in [-0.1, -0.05) is 25.5 Å². The van der Waals surface area contributed by atoms with Crippen molar-refractivity contribution in [3.63, 3.8) is 0 Å². The number of methoxy groups -OCH3 is 1. The van der Waals surface area contributed by atoms with Gasteiger partial charge in [0.15, 0.2) is 0 Å². The summed E-state index contributed by atoms with van der Waals surface area (Å²) in [6, 6.07) is 6.88. The number of carbonyl (C=O) groups is 2. The van der Waals surface area contributed by atoms with Gasteiger partial charge in [0.2, 0.25) is 5.91 Å². The van der Waals surface area contributed by atoms with Crippen LogP contribution in [0.5, 0.6) is 0 Å². The molecule has 2 rings (SSSR count). The second-order valence-corrected chi connectivity index (χ2v) is 6.10. The maximum atomic E-state index is 12.8. The van der Waals surface area contributed by atoms with Crippen molar-refractivity contribution in [1.82, 2.24) is 9.78 Å². The summed E-state index contributed by atoms with van der Waals surface area (Å²) < 4.78 is 6.73. The molecule has 0 atom stereocenters. The lowest BCUT2D eigenvalue weighted by Gasteiger charge is -2.11. The molecule has 7 heteroatoms. The fourth-order valence-corrected chi connectivity index (χ4v) is 2.69. The number of anilines is 2. The third kappa shape index (κ3) is 4.70. The Bertz CT molecular complexity index is 783. The van der Waals surface area contributed by atoms with Crippen molar-refractivity contribution < 1.29 is 14.3 Å². The van der Waals surface area contributed by atoms with Crippen LogP contribution in [0.15, 0.2) is 24.3 Å². The van der Waals surface area contributed by atoms with Crippen LogP contribution >= 0.6 is 0 Å². The average Bonchev–Trinajstić information content (AvgIpc) is 2.88. The van der Waals surface area contributed by atoms with E-state index in [4.69, 9.17) is 4.74 Å². The molecule has 0 saturated carbocycles. The predicted molar refractivity (Wildman–Crippen MR) is 102 cm³/mol. The molecule has 1 aromatic heterocycles. The molecule has 140 valence electrons. The Hall–Kier alpha value is -2.67. The van der Waals surface area contributed by atoms with Crippen LogP contribution in [0.2, 0.25) is 0 Å². The molecule has 0 saturated heterocycles. The third-order valence-corrected chi connectivity index (χ3v) is 4.06. The highest BCUT2D eigenvalue weighted by Crippen LogP contribution is 2.23. The number of aromatic nitrogens is 2. The molecule has 7 nitrogen and oxygen atoms in total. The van der Waals surface area contributed by atoms with Crippen molar-refractivity contribution in [1.29, 1.82) is 0 Å². The first-order chi connectivity index (χ1) is 12.5. The van der Waals surface area contributed by atoms with E-state index in [2.05, 4.69) is 22.7 Å². The molecule has 0 aliphatic heterocycles. The molecule has 0 fully saturated rings. The zero-order chi connectivity index (χ0) is 19.1. The molecule has 0 bridgehead atoms. The van der Waals surface area contributed by atoms with Gasteiger partial charge in [-0.15, -0.1) is 0 Å². The summed E-state index contributed by atoms with van der Waals surface area (Å²) in [6.45, 7) is 6.69. The van der Waals surface area contributed by atoms with E-state index in [0.29, 0.717) is 16.9 Å². The largest absolute Gasteiger partial charge is 0.375 e. The Morgan fingerprint density at radius 1 is 1.19 bits per heavy atom. The Morgan fingerprint density at radius 3 is 2.62 bits per heavy atom. The van der Waals surface area contributed by atoms with Gasteiger partial charge in [0.25, 0.3) is 5.91 Å². The minimum atomic E-state index is -0.313. The van der Waals surface area contributed by atoms with Gasteiger partial charge >= 0.3 is 0 Å².